The van der Waals surface area contributed by atoms with Crippen LogP contribution in [0.4, 0.5) is 9.59 Å². The summed E-state index contributed by atoms with van der Waals surface area (Å²) in [5, 5.41) is 0. The molecule has 6 nitrogen and oxygen atoms in total. The number of amides is 4. The maximum Gasteiger partial charge on any atom is 0.348 e. The summed E-state index contributed by atoms with van der Waals surface area (Å²) in [4.78, 5) is 21.6. The second-order valence-electron chi connectivity index (χ2n) is 1.04. The SMILES string of the molecule is NC(=O)NNC(=O)NCl. The zero-order valence-electron chi connectivity index (χ0n) is 4.27. The van der Waals surface area contributed by atoms with Gasteiger partial charge in [0.05, 0.1) is 0 Å². The van der Waals surface area contributed by atoms with Gasteiger partial charge in [0, 0.05) is 11.8 Å². The monoisotopic (exact) mass is 152 g/mol. The number of rotatable bonds is 0. The summed E-state index contributed by atoms with van der Waals surface area (Å²) in [7, 11) is 0. The van der Waals surface area contributed by atoms with E-state index in [-0.39, 0.29) is 0 Å². The molecule has 0 bridgehead atoms. The van der Waals surface area contributed by atoms with Gasteiger partial charge < -0.3 is 5.73 Å². The highest BCUT2D eigenvalue weighted by Gasteiger charge is 1.95. The quantitative estimate of drug-likeness (QED) is 0.265. The van der Waals surface area contributed by atoms with Gasteiger partial charge in [-0.15, -0.1) is 0 Å². The molecule has 4 amide bonds. The first-order chi connectivity index (χ1) is 4.16. The standard InChI is InChI=1S/C2H5ClN4O2/c3-5-2(9)7-6-1(4)8/h(H3,4,6,8)(H2,5,7,9). The second-order valence-corrected chi connectivity index (χ2v) is 1.23. The van der Waals surface area contributed by atoms with Gasteiger partial charge in [-0.2, -0.15) is 0 Å². The van der Waals surface area contributed by atoms with Gasteiger partial charge in [0.25, 0.3) is 0 Å². The van der Waals surface area contributed by atoms with E-state index in [9.17, 15) is 9.59 Å². The average Bonchev–Trinajstić information content (AvgIpc) is 1.83. The first-order valence-electron chi connectivity index (χ1n) is 1.89. The Morgan fingerprint density at radius 3 is 2.22 bits per heavy atom. The van der Waals surface area contributed by atoms with Crippen molar-refractivity contribution in [3.63, 3.8) is 0 Å². The highest BCUT2D eigenvalue weighted by atomic mass is 35.5. The Balaban J connectivity index is 3.28. The Morgan fingerprint density at radius 1 is 1.33 bits per heavy atom. The lowest BCUT2D eigenvalue weighted by atomic mass is 11.1. The van der Waals surface area contributed by atoms with Crippen LogP contribution in [0.1, 0.15) is 0 Å². The Kier molecular flexibility index (Phi) is 3.29. The van der Waals surface area contributed by atoms with Gasteiger partial charge in [-0.05, 0) is 0 Å². The van der Waals surface area contributed by atoms with Crippen molar-refractivity contribution >= 4 is 23.8 Å². The van der Waals surface area contributed by atoms with E-state index in [1.807, 2.05) is 5.43 Å². The number of primary amides is 1. The highest BCUT2D eigenvalue weighted by molar-refractivity contribution is 6.21. The van der Waals surface area contributed by atoms with Crippen LogP contribution in [-0.4, -0.2) is 12.1 Å². The van der Waals surface area contributed by atoms with E-state index in [0.29, 0.717) is 0 Å². The molecule has 0 aliphatic heterocycles. The molecule has 0 heterocycles. The maximum atomic E-state index is 10.1. The van der Waals surface area contributed by atoms with Crippen LogP contribution in [0, 0.1) is 0 Å². The maximum absolute atomic E-state index is 10.1. The van der Waals surface area contributed by atoms with E-state index in [2.05, 4.69) is 5.73 Å². The lowest BCUT2D eigenvalue weighted by Crippen LogP contribution is -2.46. The first-order valence-corrected chi connectivity index (χ1v) is 2.26. The summed E-state index contributed by atoms with van der Waals surface area (Å²) in [5.74, 6) is 0. The molecule has 0 aliphatic rings. The molecule has 0 spiro atoms. The van der Waals surface area contributed by atoms with Crippen LogP contribution in [0.15, 0.2) is 0 Å². The molecule has 0 fully saturated rings. The number of carbonyl (C=O) groups is 2. The van der Waals surface area contributed by atoms with Crippen molar-refractivity contribution in [3.05, 3.63) is 0 Å². The summed E-state index contributed by atoms with van der Waals surface area (Å²) in [6.45, 7) is 0. The Bertz CT molecular complexity index is 126. The predicted octanol–water partition coefficient (Wildman–Crippen LogP) is -0.977. The molecule has 0 radical (unpaired) electrons. The third-order valence-corrected chi connectivity index (χ3v) is 0.557. The summed E-state index contributed by atoms with van der Waals surface area (Å²) in [6.07, 6.45) is 0. The fourth-order valence-corrected chi connectivity index (χ4v) is 0.189. The summed E-state index contributed by atoms with van der Waals surface area (Å²) < 4.78 is 0. The molecular weight excluding hydrogens is 148 g/mol. The van der Waals surface area contributed by atoms with Crippen LogP contribution in [0.2, 0.25) is 0 Å². The van der Waals surface area contributed by atoms with E-state index in [1.54, 1.807) is 10.3 Å². The van der Waals surface area contributed by atoms with Gasteiger partial charge in [0.15, 0.2) is 0 Å². The molecule has 0 saturated heterocycles. The van der Waals surface area contributed by atoms with Crippen LogP contribution in [0.25, 0.3) is 0 Å². The smallest absolute Gasteiger partial charge is 0.348 e. The minimum absolute atomic E-state index is 0.754. The van der Waals surface area contributed by atoms with Crippen molar-refractivity contribution in [2.75, 3.05) is 0 Å². The van der Waals surface area contributed by atoms with Gasteiger partial charge in [0.1, 0.15) is 0 Å². The Hall–Kier alpha value is -1.17. The highest BCUT2D eigenvalue weighted by Crippen LogP contribution is 1.61. The summed E-state index contributed by atoms with van der Waals surface area (Å²) in [6, 6.07) is -1.62. The van der Waals surface area contributed by atoms with Gasteiger partial charge in [0.2, 0.25) is 0 Å². The van der Waals surface area contributed by atoms with Gasteiger partial charge in [-0.25, -0.2) is 25.3 Å². The number of hydrogen-bond donors (Lipinski definition) is 4. The summed E-state index contributed by atoms with van der Waals surface area (Å²) in [5.41, 5.74) is 8.17. The number of halogens is 1. The summed E-state index contributed by atoms with van der Waals surface area (Å²) >= 11 is 4.78. The minimum atomic E-state index is -0.865. The molecule has 0 atom stereocenters. The fourth-order valence-electron chi connectivity index (χ4n) is 0.142. The van der Waals surface area contributed by atoms with Gasteiger partial charge in [-0.1, -0.05) is 0 Å². The largest absolute Gasteiger partial charge is 0.350 e. The first kappa shape index (κ1) is 7.83. The molecule has 5 N–H and O–H groups in total. The molecule has 0 aromatic carbocycles. The van der Waals surface area contributed by atoms with Crippen molar-refractivity contribution < 1.29 is 9.59 Å². The normalized spacial score (nSPS) is 7.67. The zero-order valence-corrected chi connectivity index (χ0v) is 5.03. The molecule has 0 aromatic rings. The molecule has 0 rings (SSSR count). The van der Waals surface area contributed by atoms with E-state index in [4.69, 9.17) is 11.8 Å². The zero-order chi connectivity index (χ0) is 7.28. The lowest BCUT2D eigenvalue weighted by Gasteiger charge is -1.99. The van der Waals surface area contributed by atoms with Crippen molar-refractivity contribution in [2.24, 2.45) is 5.73 Å². The molecule has 0 aliphatic carbocycles. The molecule has 0 saturated carbocycles. The molecule has 9 heavy (non-hydrogen) atoms. The van der Waals surface area contributed by atoms with Crippen LogP contribution in [-0.2, 0) is 0 Å². The molecule has 52 valence electrons. The predicted molar refractivity (Wildman–Crippen MR) is 30.2 cm³/mol. The van der Waals surface area contributed by atoms with Crippen LogP contribution >= 0.6 is 11.8 Å². The fraction of sp³-hybridized carbons (Fsp3) is 0. The Labute approximate surface area is 55.8 Å². The van der Waals surface area contributed by atoms with Crippen molar-refractivity contribution in [1.29, 1.82) is 0 Å². The van der Waals surface area contributed by atoms with Gasteiger partial charge in [-0.3, -0.25) is 0 Å². The number of hydrazine groups is 1. The Morgan fingerprint density at radius 2 is 1.89 bits per heavy atom. The number of nitrogens with two attached hydrogens (primary N) is 1. The third-order valence-electron chi connectivity index (χ3n) is 0.385. The molecule has 7 heteroatoms. The van der Waals surface area contributed by atoms with Crippen molar-refractivity contribution in [1.82, 2.24) is 15.7 Å². The van der Waals surface area contributed by atoms with Crippen LogP contribution in [0.3, 0.4) is 0 Å². The lowest BCUT2D eigenvalue weighted by molar-refractivity contribution is 0.231. The number of urea groups is 2. The second kappa shape index (κ2) is 3.79. The third kappa shape index (κ3) is 4.69. The van der Waals surface area contributed by atoms with E-state index >= 15 is 0 Å². The van der Waals surface area contributed by atoms with Gasteiger partial charge >= 0.3 is 12.1 Å². The molecular formula is C2H5ClN4O2. The van der Waals surface area contributed by atoms with E-state index in [1.165, 1.54) is 0 Å². The number of carbonyl (C=O) groups excluding carboxylic acids is 2. The topological polar surface area (TPSA) is 96.2 Å². The van der Waals surface area contributed by atoms with E-state index < -0.39 is 12.1 Å². The number of hydrogen-bond acceptors (Lipinski definition) is 2. The van der Waals surface area contributed by atoms with Crippen molar-refractivity contribution in [2.45, 2.75) is 0 Å². The molecule has 0 unspecified atom stereocenters. The number of nitrogens with one attached hydrogen (secondary N) is 3. The van der Waals surface area contributed by atoms with Crippen LogP contribution in [0.5, 0.6) is 0 Å². The van der Waals surface area contributed by atoms with Crippen molar-refractivity contribution in [3.8, 4) is 0 Å². The van der Waals surface area contributed by atoms with Crippen LogP contribution < -0.4 is 21.4 Å². The molecule has 0 aromatic heterocycles. The average molecular weight is 153 g/mol. The van der Waals surface area contributed by atoms with E-state index in [0.717, 1.165) is 0 Å². The minimum Gasteiger partial charge on any atom is -0.350 e.